The molecule has 1 heterocycles. The van der Waals surface area contributed by atoms with Gasteiger partial charge in [0.25, 0.3) is 0 Å². The summed E-state index contributed by atoms with van der Waals surface area (Å²) in [6.45, 7) is 6.15. The molecule has 1 aromatic rings. The summed E-state index contributed by atoms with van der Waals surface area (Å²) in [5, 5.41) is 22.4. The molecule has 4 heteroatoms. The van der Waals surface area contributed by atoms with E-state index in [0.717, 1.165) is 31.5 Å². The summed E-state index contributed by atoms with van der Waals surface area (Å²) in [6, 6.07) is 7.12. The first-order chi connectivity index (χ1) is 9.39. The Morgan fingerprint density at radius 1 is 1.25 bits per heavy atom. The fourth-order valence-electron chi connectivity index (χ4n) is 2.99. The van der Waals surface area contributed by atoms with Gasteiger partial charge in [-0.1, -0.05) is 37.1 Å². The van der Waals surface area contributed by atoms with Crippen molar-refractivity contribution in [3.63, 3.8) is 0 Å². The Morgan fingerprint density at radius 2 is 1.90 bits per heavy atom. The standard InChI is InChI=1S/C16H24ClNO2/c1-3-4-10-18-11-9-16(20,15(2,19)12-18)13-5-7-14(17)8-6-13/h5-8,19-20H,3-4,9-12H2,1-2H3. The largest absolute Gasteiger partial charge is 0.385 e. The molecule has 2 rings (SSSR count). The molecule has 0 bridgehead atoms. The highest BCUT2D eigenvalue weighted by Gasteiger charge is 2.50. The SMILES string of the molecule is CCCCN1CCC(O)(c2ccc(Cl)cc2)C(C)(O)C1. The van der Waals surface area contributed by atoms with Crippen LogP contribution in [0.25, 0.3) is 0 Å². The van der Waals surface area contributed by atoms with Gasteiger partial charge in [0.15, 0.2) is 0 Å². The normalized spacial score (nSPS) is 31.4. The highest BCUT2D eigenvalue weighted by molar-refractivity contribution is 6.30. The lowest BCUT2D eigenvalue weighted by Gasteiger charge is -2.49. The van der Waals surface area contributed by atoms with Crippen molar-refractivity contribution < 1.29 is 10.2 Å². The van der Waals surface area contributed by atoms with Gasteiger partial charge in [-0.25, -0.2) is 0 Å². The number of β-amino-alcohol motifs (C(OH)–C–C–N with tert-alkyl or cyclic N) is 1. The Hall–Kier alpha value is -0.610. The van der Waals surface area contributed by atoms with E-state index in [2.05, 4.69) is 11.8 Å². The van der Waals surface area contributed by atoms with E-state index in [1.807, 2.05) is 0 Å². The van der Waals surface area contributed by atoms with Gasteiger partial charge in [0.2, 0.25) is 0 Å². The second-order valence-electron chi connectivity index (χ2n) is 6.02. The maximum atomic E-state index is 11.0. The van der Waals surface area contributed by atoms with E-state index in [0.29, 0.717) is 18.0 Å². The quantitative estimate of drug-likeness (QED) is 0.898. The topological polar surface area (TPSA) is 43.7 Å². The number of likely N-dealkylation sites (tertiary alicyclic amines) is 1. The first-order valence-electron chi connectivity index (χ1n) is 7.32. The van der Waals surface area contributed by atoms with Crippen LogP contribution < -0.4 is 0 Å². The minimum absolute atomic E-state index is 0.492. The van der Waals surface area contributed by atoms with E-state index in [-0.39, 0.29) is 0 Å². The van der Waals surface area contributed by atoms with Crippen LogP contribution in [0.2, 0.25) is 5.02 Å². The van der Waals surface area contributed by atoms with Gasteiger partial charge in [-0.2, -0.15) is 0 Å². The number of halogens is 1. The number of unbranched alkanes of at least 4 members (excludes halogenated alkanes) is 1. The fraction of sp³-hybridized carbons (Fsp3) is 0.625. The fourth-order valence-corrected chi connectivity index (χ4v) is 3.11. The first kappa shape index (κ1) is 15.8. The smallest absolute Gasteiger partial charge is 0.120 e. The van der Waals surface area contributed by atoms with Crippen LogP contribution in [-0.2, 0) is 5.60 Å². The van der Waals surface area contributed by atoms with Crippen LogP contribution >= 0.6 is 11.6 Å². The third-order valence-corrected chi connectivity index (χ3v) is 4.61. The first-order valence-corrected chi connectivity index (χ1v) is 7.70. The zero-order valence-corrected chi connectivity index (χ0v) is 13.0. The van der Waals surface area contributed by atoms with Crippen LogP contribution in [0.4, 0.5) is 0 Å². The lowest BCUT2D eigenvalue weighted by atomic mass is 9.73. The minimum atomic E-state index is -1.21. The second-order valence-corrected chi connectivity index (χ2v) is 6.46. The number of hydrogen-bond acceptors (Lipinski definition) is 3. The molecule has 2 atom stereocenters. The van der Waals surface area contributed by atoms with Crippen LogP contribution in [0.15, 0.2) is 24.3 Å². The molecule has 20 heavy (non-hydrogen) atoms. The van der Waals surface area contributed by atoms with Crippen molar-refractivity contribution in [2.75, 3.05) is 19.6 Å². The Labute approximate surface area is 126 Å². The van der Waals surface area contributed by atoms with Gasteiger partial charge in [-0.3, -0.25) is 0 Å². The minimum Gasteiger partial charge on any atom is -0.385 e. The van der Waals surface area contributed by atoms with E-state index in [9.17, 15) is 10.2 Å². The number of aliphatic hydroxyl groups is 2. The summed E-state index contributed by atoms with van der Waals surface area (Å²) in [5.41, 5.74) is -1.63. The molecule has 0 aliphatic carbocycles. The number of piperidine rings is 1. The number of rotatable bonds is 4. The molecular formula is C16H24ClNO2. The average molecular weight is 298 g/mol. The Bertz CT molecular complexity index is 446. The zero-order chi connectivity index (χ0) is 14.8. The molecule has 3 nitrogen and oxygen atoms in total. The van der Waals surface area contributed by atoms with Crippen LogP contribution in [0.1, 0.15) is 38.7 Å². The monoisotopic (exact) mass is 297 g/mol. The summed E-state index contributed by atoms with van der Waals surface area (Å²) in [7, 11) is 0. The van der Waals surface area contributed by atoms with Gasteiger partial charge in [-0.15, -0.1) is 0 Å². The van der Waals surface area contributed by atoms with Crippen LogP contribution in [0.5, 0.6) is 0 Å². The van der Waals surface area contributed by atoms with Gasteiger partial charge >= 0.3 is 0 Å². The maximum absolute atomic E-state index is 11.0. The van der Waals surface area contributed by atoms with E-state index < -0.39 is 11.2 Å². The molecule has 1 aromatic carbocycles. The van der Waals surface area contributed by atoms with E-state index in [4.69, 9.17) is 11.6 Å². The molecule has 0 spiro atoms. The summed E-state index contributed by atoms with van der Waals surface area (Å²) in [6.07, 6.45) is 2.79. The third kappa shape index (κ3) is 3.01. The van der Waals surface area contributed by atoms with Crippen LogP contribution in [0, 0.1) is 0 Å². The van der Waals surface area contributed by atoms with Gasteiger partial charge in [0, 0.05) is 18.1 Å². The van der Waals surface area contributed by atoms with Crippen LogP contribution in [-0.4, -0.2) is 40.3 Å². The number of benzene rings is 1. The predicted molar refractivity (Wildman–Crippen MR) is 81.9 cm³/mol. The molecule has 2 N–H and O–H groups in total. The average Bonchev–Trinajstić information content (AvgIpc) is 2.40. The number of hydrogen-bond donors (Lipinski definition) is 2. The molecule has 0 aromatic heterocycles. The van der Waals surface area contributed by atoms with Crippen molar-refractivity contribution >= 4 is 11.6 Å². The van der Waals surface area contributed by atoms with Crippen molar-refractivity contribution in [2.45, 2.75) is 44.3 Å². The van der Waals surface area contributed by atoms with Crippen molar-refractivity contribution in [1.29, 1.82) is 0 Å². The summed E-state index contributed by atoms with van der Waals surface area (Å²) < 4.78 is 0. The molecule has 1 fully saturated rings. The van der Waals surface area contributed by atoms with Crippen molar-refractivity contribution in [1.82, 2.24) is 4.90 Å². The van der Waals surface area contributed by atoms with Gasteiger partial charge in [0.05, 0.1) is 0 Å². The molecular weight excluding hydrogens is 274 g/mol. The maximum Gasteiger partial charge on any atom is 0.120 e. The Kier molecular flexibility index (Phi) is 4.75. The molecule has 1 aliphatic rings. The molecule has 0 saturated carbocycles. The summed E-state index contributed by atoms with van der Waals surface area (Å²) in [4.78, 5) is 2.23. The van der Waals surface area contributed by atoms with Crippen LogP contribution in [0.3, 0.4) is 0 Å². The molecule has 1 aliphatic heterocycles. The van der Waals surface area contributed by atoms with Crippen molar-refractivity contribution in [3.8, 4) is 0 Å². The lowest BCUT2D eigenvalue weighted by Crippen LogP contribution is -2.61. The number of nitrogens with zero attached hydrogens (tertiary/aromatic N) is 1. The third-order valence-electron chi connectivity index (χ3n) is 4.36. The molecule has 2 unspecified atom stereocenters. The van der Waals surface area contributed by atoms with E-state index >= 15 is 0 Å². The van der Waals surface area contributed by atoms with E-state index in [1.54, 1.807) is 31.2 Å². The molecule has 1 saturated heterocycles. The predicted octanol–water partition coefficient (Wildman–Crippen LogP) is 2.78. The highest BCUT2D eigenvalue weighted by atomic mass is 35.5. The van der Waals surface area contributed by atoms with Crippen molar-refractivity contribution in [3.05, 3.63) is 34.9 Å². The van der Waals surface area contributed by atoms with Gasteiger partial charge in [-0.05, 0) is 44.0 Å². The van der Waals surface area contributed by atoms with Gasteiger partial charge in [0.1, 0.15) is 11.2 Å². The lowest BCUT2D eigenvalue weighted by molar-refractivity contribution is -0.186. The Balaban J connectivity index is 2.18. The zero-order valence-electron chi connectivity index (χ0n) is 12.3. The summed E-state index contributed by atoms with van der Waals surface area (Å²) >= 11 is 5.90. The Morgan fingerprint density at radius 3 is 2.45 bits per heavy atom. The van der Waals surface area contributed by atoms with E-state index in [1.165, 1.54) is 0 Å². The molecule has 0 amide bonds. The van der Waals surface area contributed by atoms with Gasteiger partial charge < -0.3 is 15.1 Å². The second kappa shape index (κ2) is 6.02. The highest BCUT2D eigenvalue weighted by Crippen LogP contribution is 2.40. The molecule has 112 valence electrons. The molecule has 0 radical (unpaired) electrons. The van der Waals surface area contributed by atoms with Crippen molar-refractivity contribution in [2.24, 2.45) is 0 Å². The summed E-state index contributed by atoms with van der Waals surface area (Å²) in [5.74, 6) is 0.